The molecule has 0 bridgehead atoms. The molecule has 116 valence electrons. The number of aliphatic hydroxyl groups is 1. The monoisotopic (exact) mass is 308 g/mol. The lowest BCUT2D eigenvalue weighted by molar-refractivity contribution is -0.113. The summed E-state index contributed by atoms with van der Waals surface area (Å²) in [5.41, 5.74) is 1.16. The van der Waals surface area contributed by atoms with Gasteiger partial charge in [-0.3, -0.25) is 9.59 Å². The molecule has 1 aliphatic heterocycles. The van der Waals surface area contributed by atoms with Crippen LogP contribution in [-0.4, -0.2) is 28.4 Å². The van der Waals surface area contributed by atoms with E-state index in [1.165, 1.54) is 0 Å². The van der Waals surface area contributed by atoms with E-state index in [2.05, 4.69) is 0 Å². The Kier molecular flexibility index (Phi) is 2.64. The normalized spacial score (nSPS) is 22.2. The first kappa shape index (κ1) is 14.2. The van der Waals surface area contributed by atoms with Crippen molar-refractivity contribution in [3.05, 3.63) is 52.6 Å². The largest absolute Gasteiger partial charge is 0.484 e. The molecule has 0 fully saturated rings. The average Bonchev–Trinajstić information content (AvgIpc) is 2.75. The molecule has 4 nitrogen and oxygen atoms in total. The number of rotatable bonds is 0. The van der Waals surface area contributed by atoms with Gasteiger partial charge >= 0.3 is 0 Å². The number of carbonyl (C=O) groups excluding carboxylic acids is 2. The Bertz CT molecular complexity index is 934. The van der Waals surface area contributed by atoms with Crippen LogP contribution in [0, 0.1) is 6.92 Å². The second kappa shape index (κ2) is 4.30. The van der Waals surface area contributed by atoms with Gasteiger partial charge in [0.2, 0.25) is 11.6 Å². The standard InChI is InChI=1S/C19H16O4/c1-9-5-4-6-11-10(9)7-8-12-13(11)15(20)16(21)14-17(12)23-19(2,3)18(14)22/h4-8,18,22H,1-3H3. The fraction of sp³-hybridized carbons (Fsp3) is 0.263. The molecule has 2 aromatic carbocycles. The number of carbonyl (C=O) groups is 2. The fourth-order valence-electron chi connectivity index (χ4n) is 3.46. The first-order valence-corrected chi connectivity index (χ1v) is 7.56. The van der Waals surface area contributed by atoms with E-state index in [-0.39, 0.29) is 5.57 Å². The summed E-state index contributed by atoms with van der Waals surface area (Å²) in [5, 5.41) is 12.1. The average molecular weight is 308 g/mol. The third-order valence-electron chi connectivity index (χ3n) is 4.74. The van der Waals surface area contributed by atoms with Crippen LogP contribution in [0.1, 0.15) is 35.3 Å². The van der Waals surface area contributed by atoms with Crippen molar-refractivity contribution < 1.29 is 19.4 Å². The lowest BCUT2D eigenvalue weighted by atomic mass is 9.82. The highest BCUT2D eigenvalue weighted by Gasteiger charge is 2.50. The van der Waals surface area contributed by atoms with Gasteiger partial charge in [0.15, 0.2) is 0 Å². The molecule has 2 aromatic rings. The Morgan fingerprint density at radius 3 is 2.52 bits per heavy atom. The highest BCUT2D eigenvalue weighted by molar-refractivity contribution is 6.54. The molecule has 4 rings (SSSR count). The zero-order chi connectivity index (χ0) is 16.5. The molecule has 1 atom stereocenters. The Balaban J connectivity index is 2.09. The summed E-state index contributed by atoms with van der Waals surface area (Å²) in [6.45, 7) is 5.38. The lowest BCUT2D eigenvalue weighted by Crippen LogP contribution is -2.37. The van der Waals surface area contributed by atoms with Crippen molar-refractivity contribution in [3.63, 3.8) is 0 Å². The minimum absolute atomic E-state index is 0.0829. The van der Waals surface area contributed by atoms with Crippen LogP contribution in [0.15, 0.2) is 35.9 Å². The molecule has 23 heavy (non-hydrogen) atoms. The quantitative estimate of drug-likeness (QED) is 0.760. The Morgan fingerprint density at radius 2 is 1.78 bits per heavy atom. The minimum Gasteiger partial charge on any atom is -0.484 e. The molecule has 0 saturated carbocycles. The molecular weight excluding hydrogens is 292 g/mol. The van der Waals surface area contributed by atoms with Crippen molar-refractivity contribution in [1.82, 2.24) is 0 Å². The summed E-state index contributed by atoms with van der Waals surface area (Å²) < 4.78 is 5.85. The van der Waals surface area contributed by atoms with Gasteiger partial charge in [-0.25, -0.2) is 0 Å². The number of hydrogen-bond acceptors (Lipinski definition) is 4. The van der Waals surface area contributed by atoms with Gasteiger partial charge in [0, 0.05) is 11.1 Å². The van der Waals surface area contributed by atoms with E-state index >= 15 is 0 Å². The van der Waals surface area contributed by atoms with Crippen LogP contribution in [0.5, 0.6) is 0 Å². The minimum atomic E-state index is -1.10. The van der Waals surface area contributed by atoms with Crippen LogP contribution in [0.3, 0.4) is 0 Å². The van der Waals surface area contributed by atoms with Crippen LogP contribution < -0.4 is 0 Å². The van der Waals surface area contributed by atoms with Crippen molar-refractivity contribution in [2.24, 2.45) is 0 Å². The van der Waals surface area contributed by atoms with Crippen LogP contribution >= 0.6 is 0 Å². The highest BCUT2D eigenvalue weighted by Crippen LogP contribution is 2.45. The lowest BCUT2D eigenvalue weighted by Gasteiger charge is -2.23. The number of Topliss-reactive ketones (excluding diaryl/α,β-unsaturated/α-hetero) is 2. The first-order chi connectivity index (χ1) is 10.8. The van der Waals surface area contributed by atoms with E-state index < -0.39 is 23.3 Å². The third-order valence-corrected chi connectivity index (χ3v) is 4.74. The second-order valence-electron chi connectivity index (χ2n) is 6.67. The third kappa shape index (κ3) is 1.70. The number of ether oxygens (including phenoxy) is 1. The number of ketones is 2. The molecule has 1 heterocycles. The van der Waals surface area contributed by atoms with Crippen LogP contribution in [0.2, 0.25) is 0 Å². The maximum absolute atomic E-state index is 12.7. The maximum atomic E-state index is 12.7. The smallest absolute Gasteiger partial charge is 0.236 e. The van der Waals surface area contributed by atoms with Gasteiger partial charge in [-0.05, 0) is 43.2 Å². The van der Waals surface area contributed by atoms with Crippen molar-refractivity contribution in [1.29, 1.82) is 0 Å². The molecular formula is C19H16O4. The predicted octanol–water partition coefficient (Wildman–Crippen LogP) is 2.79. The van der Waals surface area contributed by atoms with Crippen molar-refractivity contribution in [2.45, 2.75) is 32.5 Å². The molecule has 1 unspecified atom stereocenters. The van der Waals surface area contributed by atoms with Crippen molar-refractivity contribution in [2.75, 3.05) is 0 Å². The van der Waals surface area contributed by atoms with Gasteiger partial charge in [0.05, 0.1) is 5.57 Å². The van der Waals surface area contributed by atoms with E-state index in [9.17, 15) is 14.7 Å². The van der Waals surface area contributed by atoms with Crippen LogP contribution in [0.25, 0.3) is 16.5 Å². The highest BCUT2D eigenvalue weighted by atomic mass is 16.5. The summed E-state index contributed by atoms with van der Waals surface area (Å²) >= 11 is 0. The second-order valence-corrected chi connectivity index (χ2v) is 6.67. The number of benzene rings is 2. The molecule has 4 heteroatoms. The Hall–Kier alpha value is -2.46. The summed E-state index contributed by atoms with van der Waals surface area (Å²) in [6, 6.07) is 9.41. The van der Waals surface area contributed by atoms with E-state index in [1.807, 2.05) is 31.2 Å². The molecule has 2 aliphatic rings. The Labute approximate surface area is 133 Å². The number of aliphatic hydroxyl groups excluding tert-OH is 1. The van der Waals surface area contributed by atoms with Crippen LogP contribution in [0.4, 0.5) is 0 Å². The van der Waals surface area contributed by atoms with Gasteiger partial charge in [-0.2, -0.15) is 0 Å². The SMILES string of the molecule is Cc1cccc2c3c(ccc12)C1=C(C(=O)C3=O)C(O)C(C)(C)O1. The molecule has 0 aromatic heterocycles. The maximum Gasteiger partial charge on any atom is 0.236 e. The molecule has 0 amide bonds. The topological polar surface area (TPSA) is 63.6 Å². The zero-order valence-corrected chi connectivity index (χ0v) is 13.1. The predicted molar refractivity (Wildman–Crippen MR) is 86.1 cm³/mol. The molecule has 0 radical (unpaired) electrons. The number of aryl methyl sites for hydroxylation is 1. The molecule has 0 saturated heterocycles. The van der Waals surface area contributed by atoms with Gasteiger partial charge in [-0.1, -0.05) is 24.3 Å². The van der Waals surface area contributed by atoms with Crippen molar-refractivity contribution in [3.8, 4) is 0 Å². The summed E-state index contributed by atoms with van der Waals surface area (Å²) in [4.78, 5) is 25.2. The van der Waals surface area contributed by atoms with Gasteiger partial charge in [0.1, 0.15) is 17.5 Å². The molecule has 1 aliphatic carbocycles. The molecule has 0 spiro atoms. The van der Waals surface area contributed by atoms with Crippen molar-refractivity contribution >= 4 is 28.1 Å². The van der Waals surface area contributed by atoms with Gasteiger partial charge < -0.3 is 9.84 Å². The fourth-order valence-corrected chi connectivity index (χ4v) is 3.46. The zero-order valence-electron chi connectivity index (χ0n) is 13.1. The first-order valence-electron chi connectivity index (χ1n) is 7.56. The summed E-state index contributed by atoms with van der Waals surface area (Å²) in [7, 11) is 0. The van der Waals surface area contributed by atoms with Gasteiger partial charge in [-0.15, -0.1) is 0 Å². The van der Waals surface area contributed by atoms with Crippen LogP contribution in [-0.2, 0) is 9.53 Å². The summed E-state index contributed by atoms with van der Waals surface area (Å²) in [5.74, 6) is -0.902. The van der Waals surface area contributed by atoms with E-state index in [0.29, 0.717) is 16.9 Å². The molecule has 1 N–H and O–H groups in total. The van der Waals surface area contributed by atoms with E-state index in [1.54, 1.807) is 19.9 Å². The van der Waals surface area contributed by atoms with E-state index in [0.717, 1.165) is 16.3 Å². The summed E-state index contributed by atoms with van der Waals surface area (Å²) in [6.07, 6.45) is -1.10. The number of fused-ring (bicyclic) bond motifs is 4. The van der Waals surface area contributed by atoms with Gasteiger partial charge in [0.25, 0.3) is 0 Å². The Morgan fingerprint density at radius 1 is 1.04 bits per heavy atom. The number of hydrogen-bond donors (Lipinski definition) is 1. The van der Waals surface area contributed by atoms with E-state index in [4.69, 9.17) is 4.74 Å².